The summed E-state index contributed by atoms with van der Waals surface area (Å²) in [4.78, 5) is 50.1. The summed E-state index contributed by atoms with van der Waals surface area (Å²) in [6.45, 7) is 0.380. The lowest BCUT2D eigenvalue weighted by molar-refractivity contribution is -0.328. The maximum atomic E-state index is 12.6. The monoisotopic (exact) mass is 683 g/mol. The number of rotatable bonds is 17. The summed E-state index contributed by atoms with van der Waals surface area (Å²) in [5.74, 6) is -2.77. The Hall–Kier alpha value is -3.57. The van der Waals surface area contributed by atoms with Crippen LogP contribution in [0.15, 0.2) is 5.11 Å². The third kappa shape index (κ3) is 11.6. The number of aliphatic carboxylic acids is 2. The number of carbonyl (C=O) groups excluding carboxylic acids is 2. The Labute approximate surface area is 267 Å². The highest BCUT2D eigenvalue weighted by molar-refractivity contribution is 5.80. The number of nitrogens with zero attached hydrogens (tertiary/aromatic N) is 3. The van der Waals surface area contributed by atoms with Gasteiger partial charge in [-0.2, -0.15) is 0 Å². The molecular formula is C25H41N5O17. The number of aliphatic hydroxyl groups is 4. The van der Waals surface area contributed by atoms with Crippen molar-refractivity contribution in [2.75, 3.05) is 34.0 Å². The fourth-order valence-corrected chi connectivity index (χ4v) is 4.57. The van der Waals surface area contributed by atoms with Crippen molar-refractivity contribution in [3.8, 4) is 0 Å². The third-order valence-electron chi connectivity index (χ3n) is 7.12. The SMILES string of the molecule is COCC1O[C@H](OCC2O[C@H](OC)C(O)[C@@H](OC(=O)N[C@@H](CCCCN=[N+]=[N-])C(=O)O)[C@@H]2O)C(O)[C@@H](OC(=O)N[C@@H](C)C(=O)O)[C@@H]1O. The number of aliphatic hydroxyl groups excluding tert-OH is 4. The molecule has 2 saturated heterocycles. The van der Waals surface area contributed by atoms with Gasteiger partial charge in [-0.3, -0.25) is 4.79 Å². The van der Waals surface area contributed by atoms with E-state index in [1.807, 2.05) is 5.32 Å². The van der Waals surface area contributed by atoms with Crippen LogP contribution in [0.25, 0.3) is 10.4 Å². The van der Waals surface area contributed by atoms with Crippen molar-refractivity contribution in [2.24, 2.45) is 5.11 Å². The molecule has 2 rings (SSSR count). The van der Waals surface area contributed by atoms with Crippen LogP contribution in [-0.2, 0) is 42.7 Å². The minimum Gasteiger partial charge on any atom is -0.480 e. The molecule has 2 heterocycles. The molecule has 22 nitrogen and oxygen atoms in total. The molecule has 0 aliphatic carbocycles. The smallest absolute Gasteiger partial charge is 0.408 e. The quantitative estimate of drug-likeness (QED) is 0.0348. The second-order valence-corrected chi connectivity index (χ2v) is 10.5. The molecular weight excluding hydrogens is 642 g/mol. The van der Waals surface area contributed by atoms with Crippen molar-refractivity contribution in [1.29, 1.82) is 0 Å². The van der Waals surface area contributed by atoms with E-state index in [0.29, 0.717) is 6.42 Å². The second kappa shape index (κ2) is 19.3. The summed E-state index contributed by atoms with van der Waals surface area (Å²) >= 11 is 0. The first-order valence-corrected chi connectivity index (χ1v) is 14.3. The molecule has 4 unspecified atom stereocenters. The summed E-state index contributed by atoms with van der Waals surface area (Å²) in [6, 6.07) is -2.78. The summed E-state index contributed by atoms with van der Waals surface area (Å²) in [7, 11) is 2.41. The van der Waals surface area contributed by atoms with Gasteiger partial charge in [0.15, 0.2) is 24.8 Å². The van der Waals surface area contributed by atoms with E-state index in [4.69, 9.17) is 43.8 Å². The fraction of sp³-hybridized carbons (Fsp3) is 0.840. The number of hydrogen-bond acceptors (Lipinski definition) is 16. The average Bonchev–Trinajstić information content (AvgIpc) is 3.02. The van der Waals surface area contributed by atoms with Crippen LogP contribution >= 0.6 is 0 Å². The Morgan fingerprint density at radius 2 is 1.38 bits per heavy atom. The number of hydrogen-bond donors (Lipinski definition) is 8. The summed E-state index contributed by atoms with van der Waals surface area (Å²) in [5.41, 5.74) is 8.32. The zero-order valence-electron chi connectivity index (χ0n) is 25.7. The normalized spacial score (nSPS) is 31.8. The van der Waals surface area contributed by atoms with Crippen LogP contribution in [0.3, 0.4) is 0 Å². The first kappa shape index (κ1) is 39.6. The Morgan fingerprint density at radius 1 is 0.830 bits per heavy atom. The van der Waals surface area contributed by atoms with E-state index in [1.54, 1.807) is 0 Å². The van der Waals surface area contributed by atoms with E-state index < -0.39 is 104 Å². The van der Waals surface area contributed by atoms with Gasteiger partial charge < -0.3 is 74.4 Å². The van der Waals surface area contributed by atoms with Crippen molar-refractivity contribution in [1.82, 2.24) is 10.6 Å². The zero-order valence-corrected chi connectivity index (χ0v) is 25.7. The van der Waals surface area contributed by atoms with E-state index in [0.717, 1.165) is 14.0 Å². The molecule has 0 aromatic rings. The van der Waals surface area contributed by atoms with Crippen LogP contribution in [0, 0.1) is 0 Å². The lowest BCUT2D eigenvalue weighted by Crippen LogP contribution is -2.63. The molecule has 22 heteroatoms. The molecule has 2 fully saturated rings. The van der Waals surface area contributed by atoms with E-state index in [9.17, 15) is 44.7 Å². The molecule has 2 aliphatic heterocycles. The van der Waals surface area contributed by atoms with Crippen LogP contribution in [0.2, 0.25) is 0 Å². The van der Waals surface area contributed by atoms with Gasteiger partial charge in [0.25, 0.3) is 0 Å². The molecule has 47 heavy (non-hydrogen) atoms. The molecule has 0 bridgehead atoms. The Balaban J connectivity index is 2.11. The van der Waals surface area contributed by atoms with Gasteiger partial charge >= 0.3 is 24.1 Å². The lowest BCUT2D eigenvalue weighted by Gasteiger charge is -2.44. The molecule has 0 aromatic carbocycles. The van der Waals surface area contributed by atoms with Gasteiger partial charge in [-0.25, -0.2) is 14.4 Å². The lowest BCUT2D eigenvalue weighted by atomic mass is 9.98. The van der Waals surface area contributed by atoms with Gasteiger partial charge in [-0.15, -0.1) is 0 Å². The van der Waals surface area contributed by atoms with E-state index in [1.165, 1.54) is 7.11 Å². The highest BCUT2D eigenvalue weighted by Crippen LogP contribution is 2.28. The molecule has 2 aliphatic rings. The number of carbonyl (C=O) groups is 4. The number of alkyl carbamates (subject to hydrolysis) is 2. The van der Waals surface area contributed by atoms with Gasteiger partial charge in [-0.05, 0) is 25.3 Å². The summed E-state index contributed by atoms with van der Waals surface area (Å²) < 4.78 is 36.9. The van der Waals surface area contributed by atoms with E-state index in [-0.39, 0.29) is 26.0 Å². The van der Waals surface area contributed by atoms with E-state index >= 15 is 0 Å². The number of ether oxygens (including phenoxy) is 7. The number of unbranched alkanes of at least 4 members (excludes halogenated alkanes) is 1. The zero-order chi connectivity index (χ0) is 35.3. The predicted molar refractivity (Wildman–Crippen MR) is 149 cm³/mol. The van der Waals surface area contributed by atoms with Crippen LogP contribution < -0.4 is 10.6 Å². The summed E-state index contributed by atoms with van der Waals surface area (Å²) in [6.07, 6.45) is -18.3. The molecule has 8 N–H and O–H groups in total. The largest absolute Gasteiger partial charge is 0.480 e. The molecule has 268 valence electrons. The number of nitrogens with one attached hydrogen (secondary N) is 2. The maximum Gasteiger partial charge on any atom is 0.408 e. The number of carboxylic acid groups (broad SMARTS) is 2. The van der Waals surface area contributed by atoms with Crippen molar-refractivity contribution in [3.05, 3.63) is 10.4 Å². The van der Waals surface area contributed by atoms with Crippen molar-refractivity contribution in [2.45, 2.75) is 99.7 Å². The van der Waals surface area contributed by atoms with Crippen LogP contribution in [0.4, 0.5) is 9.59 Å². The standard InChI is InChI=1S/C25H41N5O17/c1-10(20(35)36)28-24(39)46-19-14(31)12(8-41-2)45-23(17(19)34)43-9-13-15(32)18(16(33)22(42-3)44-13)47-25(40)29-11(21(37)38)6-4-5-7-27-30-26/h10-19,22-23,31-34H,4-9H2,1-3H3,(H,28,39)(H,29,40)(H,35,36)(H,37,38)/t10-,11-,12?,13?,14+,15+,16?,17?,18-,19-,22-,23-/m0/s1. The Bertz CT molecular complexity index is 1100. The third-order valence-corrected chi connectivity index (χ3v) is 7.12. The maximum absolute atomic E-state index is 12.6. The first-order chi connectivity index (χ1) is 22.2. The molecule has 0 spiro atoms. The topological polar surface area (TPSA) is 327 Å². The molecule has 12 atom stereocenters. The number of methoxy groups -OCH3 is 2. The number of azide groups is 1. The molecule has 2 amide bonds. The Kier molecular flexibility index (Phi) is 16.3. The second-order valence-electron chi connectivity index (χ2n) is 10.5. The van der Waals surface area contributed by atoms with Crippen LogP contribution in [0.5, 0.6) is 0 Å². The van der Waals surface area contributed by atoms with Crippen LogP contribution in [0.1, 0.15) is 26.2 Å². The van der Waals surface area contributed by atoms with Gasteiger partial charge in [0.2, 0.25) is 0 Å². The average molecular weight is 684 g/mol. The van der Waals surface area contributed by atoms with Gasteiger partial charge in [0.05, 0.1) is 13.2 Å². The summed E-state index contributed by atoms with van der Waals surface area (Å²) in [5, 5.41) is 68.9. The fourth-order valence-electron chi connectivity index (χ4n) is 4.57. The predicted octanol–water partition coefficient (Wildman–Crippen LogP) is -2.21. The minimum absolute atomic E-state index is 0.0468. The highest BCUT2D eigenvalue weighted by Gasteiger charge is 2.50. The van der Waals surface area contributed by atoms with Crippen LogP contribution in [-0.4, -0.2) is 162 Å². The molecule has 0 saturated carbocycles. The molecule has 0 radical (unpaired) electrons. The minimum atomic E-state index is -1.87. The van der Waals surface area contributed by atoms with Crippen molar-refractivity contribution in [3.63, 3.8) is 0 Å². The molecule has 0 aromatic heterocycles. The van der Waals surface area contributed by atoms with Crippen molar-refractivity contribution >= 4 is 24.1 Å². The van der Waals surface area contributed by atoms with Gasteiger partial charge in [0.1, 0.15) is 48.7 Å². The van der Waals surface area contributed by atoms with Gasteiger partial charge in [0, 0.05) is 25.7 Å². The number of carboxylic acids is 2. The number of amides is 2. The van der Waals surface area contributed by atoms with Gasteiger partial charge in [-0.1, -0.05) is 11.5 Å². The first-order valence-electron chi connectivity index (χ1n) is 14.3. The highest BCUT2D eigenvalue weighted by atomic mass is 16.7. The van der Waals surface area contributed by atoms with E-state index in [2.05, 4.69) is 15.3 Å². The van der Waals surface area contributed by atoms with Crippen molar-refractivity contribution < 1.29 is 83.0 Å². The Morgan fingerprint density at radius 3 is 1.91 bits per heavy atom.